The molecule has 1 aromatic rings. The van der Waals surface area contributed by atoms with E-state index in [0.717, 1.165) is 31.2 Å². The molecule has 0 unspecified atom stereocenters. The third-order valence-electron chi connectivity index (χ3n) is 2.49. The summed E-state index contributed by atoms with van der Waals surface area (Å²) < 4.78 is 0. The number of halogens is 1. The lowest BCUT2D eigenvalue weighted by Crippen LogP contribution is -2.00. The van der Waals surface area contributed by atoms with Crippen LogP contribution in [-0.2, 0) is 6.42 Å². The van der Waals surface area contributed by atoms with Gasteiger partial charge in [-0.3, -0.25) is 4.79 Å². The van der Waals surface area contributed by atoms with Gasteiger partial charge in [0.05, 0.1) is 5.33 Å². The Hall–Kier alpha value is -0.670. The van der Waals surface area contributed by atoms with Gasteiger partial charge in [-0.1, -0.05) is 40.5 Å². The van der Waals surface area contributed by atoms with Crippen molar-refractivity contribution in [3.8, 4) is 0 Å². The highest BCUT2D eigenvalue weighted by atomic mass is 79.9. The van der Waals surface area contributed by atoms with Crippen LogP contribution in [0.4, 0.5) is 0 Å². The zero-order valence-corrected chi connectivity index (χ0v) is 10.9. The van der Waals surface area contributed by atoms with E-state index in [2.05, 4.69) is 15.9 Å². The van der Waals surface area contributed by atoms with E-state index >= 15 is 0 Å². The van der Waals surface area contributed by atoms with E-state index in [0.29, 0.717) is 5.33 Å². The van der Waals surface area contributed by atoms with Crippen molar-refractivity contribution in [1.29, 1.82) is 0 Å². The molecule has 0 atom stereocenters. The number of aliphatic hydroxyl groups is 1. The zero-order valence-electron chi connectivity index (χ0n) is 9.29. The fourth-order valence-corrected chi connectivity index (χ4v) is 1.92. The van der Waals surface area contributed by atoms with Crippen LogP contribution in [0, 0.1) is 0 Å². The van der Waals surface area contributed by atoms with Gasteiger partial charge in [-0.05, 0) is 30.9 Å². The van der Waals surface area contributed by atoms with Gasteiger partial charge in [-0.15, -0.1) is 0 Å². The Bertz CT molecular complexity index is 336. The Labute approximate surface area is 105 Å². The zero-order chi connectivity index (χ0) is 11.8. The van der Waals surface area contributed by atoms with E-state index in [1.807, 2.05) is 24.3 Å². The first kappa shape index (κ1) is 13.4. The van der Waals surface area contributed by atoms with Crippen LogP contribution in [0.2, 0.25) is 0 Å². The van der Waals surface area contributed by atoms with Crippen LogP contribution in [0.25, 0.3) is 0 Å². The van der Waals surface area contributed by atoms with E-state index < -0.39 is 0 Å². The van der Waals surface area contributed by atoms with Crippen molar-refractivity contribution in [2.45, 2.75) is 25.7 Å². The molecule has 16 heavy (non-hydrogen) atoms. The fraction of sp³-hybridized carbons (Fsp3) is 0.462. The Kier molecular flexibility index (Phi) is 6.34. The highest BCUT2D eigenvalue weighted by Gasteiger charge is 2.03. The SMILES string of the molecule is O=C(CBr)c1cccc(CCCCCO)c1. The van der Waals surface area contributed by atoms with E-state index in [-0.39, 0.29) is 12.4 Å². The van der Waals surface area contributed by atoms with Crippen molar-refractivity contribution in [3.63, 3.8) is 0 Å². The molecule has 0 bridgehead atoms. The lowest BCUT2D eigenvalue weighted by atomic mass is 10.0. The summed E-state index contributed by atoms with van der Waals surface area (Å²) in [6.07, 6.45) is 3.93. The summed E-state index contributed by atoms with van der Waals surface area (Å²) in [4.78, 5) is 11.5. The molecule has 1 aromatic carbocycles. The van der Waals surface area contributed by atoms with Crippen LogP contribution in [-0.4, -0.2) is 22.8 Å². The van der Waals surface area contributed by atoms with Crippen LogP contribution in [0.1, 0.15) is 35.2 Å². The normalized spacial score (nSPS) is 10.4. The quantitative estimate of drug-likeness (QED) is 0.475. The number of ketones is 1. The van der Waals surface area contributed by atoms with E-state index in [4.69, 9.17) is 5.11 Å². The van der Waals surface area contributed by atoms with Gasteiger partial charge >= 0.3 is 0 Å². The number of carbonyl (C=O) groups excluding carboxylic acids is 1. The molecular formula is C13H17BrO2. The molecule has 0 amide bonds. The molecule has 0 aliphatic carbocycles. The average Bonchev–Trinajstić information content (AvgIpc) is 2.34. The van der Waals surface area contributed by atoms with Crippen molar-refractivity contribution in [3.05, 3.63) is 35.4 Å². The smallest absolute Gasteiger partial charge is 0.173 e. The molecule has 0 aliphatic rings. The molecule has 0 saturated heterocycles. The van der Waals surface area contributed by atoms with Gasteiger partial charge in [0.2, 0.25) is 0 Å². The lowest BCUT2D eigenvalue weighted by molar-refractivity contribution is 0.102. The number of aliphatic hydroxyl groups excluding tert-OH is 1. The molecule has 1 rings (SSSR count). The summed E-state index contributed by atoms with van der Waals surface area (Å²) in [5.74, 6) is 0.122. The van der Waals surface area contributed by atoms with Gasteiger partial charge in [0.1, 0.15) is 0 Å². The number of hydrogen-bond acceptors (Lipinski definition) is 2. The summed E-state index contributed by atoms with van der Waals surface area (Å²) in [5.41, 5.74) is 1.97. The molecule has 0 spiro atoms. The number of alkyl halides is 1. The molecule has 0 aliphatic heterocycles. The number of hydrogen-bond donors (Lipinski definition) is 1. The predicted molar refractivity (Wildman–Crippen MR) is 69.2 cm³/mol. The standard InChI is InChI=1S/C13H17BrO2/c14-10-13(16)12-7-4-6-11(9-12)5-2-1-3-8-15/h4,6-7,9,15H,1-3,5,8,10H2. The summed E-state index contributed by atoms with van der Waals surface area (Å²) in [6.45, 7) is 0.266. The van der Waals surface area contributed by atoms with Crippen LogP contribution in [0.15, 0.2) is 24.3 Å². The van der Waals surface area contributed by atoms with Gasteiger partial charge in [0.15, 0.2) is 5.78 Å². The third-order valence-corrected chi connectivity index (χ3v) is 3.00. The number of unbranched alkanes of at least 4 members (excludes halogenated alkanes) is 2. The Morgan fingerprint density at radius 1 is 1.25 bits per heavy atom. The van der Waals surface area contributed by atoms with Gasteiger partial charge in [-0.2, -0.15) is 0 Å². The Morgan fingerprint density at radius 2 is 2.06 bits per heavy atom. The fourth-order valence-electron chi connectivity index (χ4n) is 1.60. The first-order valence-electron chi connectivity index (χ1n) is 5.57. The van der Waals surface area contributed by atoms with E-state index in [1.165, 1.54) is 5.56 Å². The van der Waals surface area contributed by atoms with E-state index in [1.54, 1.807) is 0 Å². The molecule has 0 aromatic heterocycles. The molecule has 0 saturated carbocycles. The minimum Gasteiger partial charge on any atom is -0.396 e. The van der Waals surface area contributed by atoms with Crippen molar-refractivity contribution in [2.24, 2.45) is 0 Å². The van der Waals surface area contributed by atoms with Crippen molar-refractivity contribution >= 4 is 21.7 Å². The number of aryl methyl sites for hydroxylation is 1. The van der Waals surface area contributed by atoms with Crippen LogP contribution < -0.4 is 0 Å². The van der Waals surface area contributed by atoms with Crippen LogP contribution in [0.5, 0.6) is 0 Å². The van der Waals surface area contributed by atoms with Crippen LogP contribution in [0.3, 0.4) is 0 Å². The summed E-state index contributed by atoms with van der Waals surface area (Å²) in [7, 11) is 0. The maximum atomic E-state index is 11.5. The molecule has 0 fully saturated rings. The van der Waals surface area contributed by atoms with Crippen LogP contribution >= 0.6 is 15.9 Å². The topological polar surface area (TPSA) is 37.3 Å². The maximum Gasteiger partial charge on any atom is 0.173 e. The van der Waals surface area contributed by atoms with Gasteiger partial charge < -0.3 is 5.11 Å². The monoisotopic (exact) mass is 284 g/mol. The van der Waals surface area contributed by atoms with Crippen molar-refractivity contribution < 1.29 is 9.90 Å². The maximum absolute atomic E-state index is 11.5. The highest BCUT2D eigenvalue weighted by molar-refractivity contribution is 9.09. The molecular weight excluding hydrogens is 268 g/mol. The average molecular weight is 285 g/mol. The predicted octanol–water partition coefficient (Wildman–Crippen LogP) is 2.97. The molecule has 2 nitrogen and oxygen atoms in total. The summed E-state index contributed by atoms with van der Waals surface area (Å²) in [5, 5.41) is 9.04. The molecule has 0 heterocycles. The second kappa shape index (κ2) is 7.58. The largest absolute Gasteiger partial charge is 0.396 e. The first-order chi connectivity index (χ1) is 7.77. The number of carbonyl (C=O) groups is 1. The minimum atomic E-state index is 0.122. The minimum absolute atomic E-state index is 0.122. The molecule has 0 radical (unpaired) electrons. The van der Waals surface area contributed by atoms with Gasteiger partial charge in [0, 0.05) is 12.2 Å². The third kappa shape index (κ3) is 4.45. The van der Waals surface area contributed by atoms with Crippen molar-refractivity contribution in [1.82, 2.24) is 0 Å². The first-order valence-corrected chi connectivity index (χ1v) is 6.69. The molecule has 88 valence electrons. The summed E-state index contributed by atoms with van der Waals surface area (Å²) in [6, 6.07) is 7.78. The molecule has 3 heteroatoms. The second-order valence-electron chi connectivity index (χ2n) is 3.79. The number of benzene rings is 1. The molecule has 1 N–H and O–H groups in total. The summed E-state index contributed by atoms with van der Waals surface area (Å²) >= 11 is 3.17. The van der Waals surface area contributed by atoms with Crippen molar-refractivity contribution in [2.75, 3.05) is 11.9 Å². The Morgan fingerprint density at radius 3 is 2.75 bits per heavy atom. The highest BCUT2D eigenvalue weighted by Crippen LogP contribution is 2.11. The second-order valence-corrected chi connectivity index (χ2v) is 4.35. The van der Waals surface area contributed by atoms with Gasteiger partial charge in [0.25, 0.3) is 0 Å². The lowest BCUT2D eigenvalue weighted by Gasteiger charge is -2.03. The van der Waals surface area contributed by atoms with E-state index in [9.17, 15) is 4.79 Å². The number of Topliss-reactive ketones (excluding diaryl/α,β-unsaturated/α-hetero) is 1. The Balaban J connectivity index is 2.50. The van der Waals surface area contributed by atoms with Gasteiger partial charge in [-0.25, -0.2) is 0 Å². The number of rotatable bonds is 7.